The summed E-state index contributed by atoms with van der Waals surface area (Å²) in [6.07, 6.45) is -4.53. The summed E-state index contributed by atoms with van der Waals surface area (Å²) >= 11 is 0. The first kappa shape index (κ1) is 18.6. The fourth-order valence-electron chi connectivity index (χ4n) is 2.29. The zero-order valence-electron chi connectivity index (χ0n) is 13.9. The molecular formula is C18H19F3N2O2. The molecule has 0 aromatic heterocycles. The van der Waals surface area contributed by atoms with Gasteiger partial charge in [0, 0.05) is 0 Å². The van der Waals surface area contributed by atoms with Crippen molar-refractivity contribution in [2.24, 2.45) is 0 Å². The van der Waals surface area contributed by atoms with Crippen LogP contribution in [0.3, 0.4) is 0 Å². The Balaban J connectivity index is 1.84. The number of benzene rings is 2. The predicted molar refractivity (Wildman–Crippen MR) is 89.9 cm³/mol. The van der Waals surface area contributed by atoms with Crippen LogP contribution in [0.1, 0.15) is 16.7 Å². The molecule has 0 spiro atoms. The number of amides is 2. The van der Waals surface area contributed by atoms with Gasteiger partial charge in [0.1, 0.15) is 12.4 Å². The standard InChI is InChI=1S/C18H19F3N2O2/c1-12-7-8-16(13(2)11-12)25-10-9-22-17(24)23-15-6-4-3-5-14(15)18(19,20)21/h3-8,11H,9-10H2,1-2H3,(H2,22,23,24). The van der Waals surface area contributed by atoms with Gasteiger partial charge >= 0.3 is 12.2 Å². The van der Waals surface area contributed by atoms with Crippen molar-refractivity contribution in [3.8, 4) is 5.75 Å². The van der Waals surface area contributed by atoms with Gasteiger partial charge in [-0.05, 0) is 37.6 Å². The molecule has 0 heterocycles. The van der Waals surface area contributed by atoms with E-state index >= 15 is 0 Å². The van der Waals surface area contributed by atoms with Crippen LogP contribution in [0.15, 0.2) is 42.5 Å². The van der Waals surface area contributed by atoms with E-state index in [4.69, 9.17) is 4.74 Å². The Hall–Kier alpha value is -2.70. The molecule has 2 amide bonds. The summed E-state index contributed by atoms with van der Waals surface area (Å²) in [5, 5.41) is 4.68. The Morgan fingerprint density at radius 2 is 1.84 bits per heavy atom. The minimum absolute atomic E-state index is 0.160. The highest BCUT2D eigenvalue weighted by Gasteiger charge is 2.33. The minimum atomic E-state index is -4.53. The van der Waals surface area contributed by atoms with Gasteiger partial charge in [-0.15, -0.1) is 0 Å². The second kappa shape index (κ2) is 7.92. The van der Waals surface area contributed by atoms with Crippen molar-refractivity contribution < 1.29 is 22.7 Å². The summed E-state index contributed by atoms with van der Waals surface area (Å²) in [6, 6.07) is 9.82. The summed E-state index contributed by atoms with van der Waals surface area (Å²) in [6.45, 7) is 4.25. The second-order valence-corrected chi connectivity index (χ2v) is 5.54. The van der Waals surface area contributed by atoms with Crippen molar-refractivity contribution in [3.05, 3.63) is 59.2 Å². The summed E-state index contributed by atoms with van der Waals surface area (Å²) < 4.78 is 44.2. The van der Waals surface area contributed by atoms with Crippen molar-refractivity contribution >= 4 is 11.7 Å². The molecule has 2 rings (SSSR count). The zero-order valence-corrected chi connectivity index (χ0v) is 13.9. The molecule has 7 heteroatoms. The van der Waals surface area contributed by atoms with Crippen LogP contribution in [0.5, 0.6) is 5.75 Å². The summed E-state index contributed by atoms with van der Waals surface area (Å²) in [5.74, 6) is 0.704. The Bertz CT molecular complexity index is 745. The van der Waals surface area contributed by atoms with Gasteiger partial charge < -0.3 is 15.4 Å². The number of halogens is 3. The molecule has 0 saturated carbocycles. The number of aryl methyl sites for hydroxylation is 2. The molecule has 0 saturated heterocycles. The third-order valence-electron chi connectivity index (χ3n) is 3.46. The van der Waals surface area contributed by atoms with Gasteiger partial charge in [0.25, 0.3) is 0 Å². The third-order valence-corrected chi connectivity index (χ3v) is 3.46. The molecule has 134 valence electrons. The lowest BCUT2D eigenvalue weighted by Gasteiger charge is -2.14. The number of rotatable bonds is 5. The Labute approximate surface area is 144 Å². The van der Waals surface area contributed by atoms with Gasteiger partial charge in [0.05, 0.1) is 17.8 Å². The van der Waals surface area contributed by atoms with Gasteiger partial charge in [-0.3, -0.25) is 0 Å². The predicted octanol–water partition coefficient (Wildman–Crippen LogP) is 4.52. The lowest BCUT2D eigenvalue weighted by molar-refractivity contribution is -0.136. The average Bonchev–Trinajstić information content (AvgIpc) is 2.52. The van der Waals surface area contributed by atoms with Crippen molar-refractivity contribution in [2.75, 3.05) is 18.5 Å². The first-order chi connectivity index (χ1) is 11.8. The fraction of sp³-hybridized carbons (Fsp3) is 0.278. The summed E-state index contributed by atoms with van der Waals surface area (Å²) in [7, 11) is 0. The molecule has 0 aliphatic rings. The quantitative estimate of drug-likeness (QED) is 0.777. The molecule has 0 unspecified atom stereocenters. The fourth-order valence-corrected chi connectivity index (χ4v) is 2.29. The number of hydrogen-bond acceptors (Lipinski definition) is 2. The number of anilines is 1. The van der Waals surface area contributed by atoms with Crippen LogP contribution in [0.2, 0.25) is 0 Å². The molecule has 4 nitrogen and oxygen atoms in total. The van der Waals surface area contributed by atoms with E-state index in [1.807, 2.05) is 32.0 Å². The number of hydrogen-bond donors (Lipinski definition) is 2. The first-order valence-corrected chi connectivity index (χ1v) is 7.68. The minimum Gasteiger partial charge on any atom is -0.491 e. The monoisotopic (exact) mass is 352 g/mol. The van der Waals surface area contributed by atoms with Gasteiger partial charge in [-0.2, -0.15) is 13.2 Å². The number of carbonyl (C=O) groups excluding carboxylic acids is 1. The average molecular weight is 352 g/mol. The lowest BCUT2D eigenvalue weighted by Crippen LogP contribution is -2.32. The number of nitrogens with one attached hydrogen (secondary N) is 2. The summed E-state index contributed by atoms with van der Waals surface area (Å²) in [4.78, 5) is 11.8. The summed E-state index contributed by atoms with van der Waals surface area (Å²) in [5.41, 5.74) is 0.911. The first-order valence-electron chi connectivity index (χ1n) is 7.68. The van der Waals surface area contributed by atoms with E-state index < -0.39 is 17.8 Å². The number of alkyl halides is 3. The van der Waals surface area contributed by atoms with E-state index in [-0.39, 0.29) is 18.8 Å². The molecule has 0 radical (unpaired) electrons. The largest absolute Gasteiger partial charge is 0.491 e. The van der Waals surface area contributed by atoms with Crippen molar-refractivity contribution in [3.63, 3.8) is 0 Å². The molecule has 0 atom stereocenters. The highest BCUT2D eigenvalue weighted by atomic mass is 19.4. The lowest BCUT2D eigenvalue weighted by atomic mass is 10.1. The van der Waals surface area contributed by atoms with Gasteiger partial charge in [0.15, 0.2) is 0 Å². The van der Waals surface area contributed by atoms with Crippen LogP contribution in [0, 0.1) is 13.8 Å². The molecule has 0 fully saturated rings. The van der Waals surface area contributed by atoms with E-state index in [0.717, 1.165) is 17.2 Å². The number of para-hydroxylation sites is 1. The maximum Gasteiger partial charge on any atom is 0.418 e. The molecule has 2 aromatic carbocycles. The number of ether oxygens (including phenoxy) is 1. The Morgan fingerprint density at radius 1 is 1.12 bits per heavy atom. The molecule has 0 aliphatic carbocycles. The van der Waals surface area contributed by atoms with Crippen molar-refractivity contribution in [2.45, 2.75) is 20.0 Å². The topological polar surface area (TPSA) is 50.4 Å². The highest BCUT2D eigenvalue weighted by Crippen LogP contribution is 2.34. The van der Waals surface area contributed by atoms with Gasteiger partial charge in [-0.1, -0.05) is 29.8 Å². The van der Waals surface area contributed by atoms with E-state index in [0.29, 0.717) is 5.75 Å². The zero-order chi connectivity index (χ0) is 18.4. The number of carbonyl (C=O) groups is 1. The Kier molecular flexibility index (Phi) is 5.90. The van der Waals surface area contributed by atoms with Crippen LogP contribution in [0.25, 0.3) is 0 Å². The van der Waals surface area contributed by atoms with Crippen molar-refractivity contribution in [1.82, 2.24) is 5.32 Å². The van der Waals surface area contributed by atoms with Crippen LogP contribution < -0.4 is 15.4 Å². The molecule has 0 aliphatic heterocycles. The molecule has 0 bridgehead atoms. The van der Waals surface area contributed by atoms with Crippen LogP contribution in [-0.2, 0) is 6.18 Å². The third kappa shape index (κ3) is 5.41. The maximum atomic E-state index is 12.9. The van der Waals surface area contributed by atoms with Crippen molar-refractivity contribution in [1.29, 1.82) is 0 Å². The van der Waals surface area contributed by atoms with Crippen LogP contribution >= 0.6 is 0 Å². The number of urea groups is 1. The SMILES string of the molecule is Cc1ccc(OCCNC(=O)Nc2ccccc2C(F)(F)F)c(C)c1. The van der Waals surface area contributed by atoms with Crippen LogP contribution in [0.4, 0.5) is 23.7 Å². The van der Waals surface area contributed by atoms with Gasteiger partial charge in [-0.25, -0.2) is 4.79 Å². The van der Waals surface area contributed by atoms with Gasteiger partial charge in [0.2, 0.25) is 0 Å². The molecule has 25 heavy (non-hydrogen) atoms. The smallest absolute Gasteiger partial charge is 0.418 e. The second-order valence-electron chi connectivity index (χ2n) is 5.54. The highest BCUT2D eigenvalue weighted by molar-refractivity contribution is 5.90. The van der Waals surface area contributed by atoms with E-state index in [9.17, 15) is 18.0 Å². The molecular weight excluding hydrogens is 333 g/mol. The van der Waals surface area contributed by atoms with Crippen LogP contribution in [-0.4, -0.2) is 19.2 Å². The van der Waals surface area contributed by atoms with E-state index in [1.54, 1.807) is 0 Å². The maximum absolute atomic E-state index is 12.9. The Morgan fingerprint density at radius 3 is 2.52 bits per heavy atom. The van der Waals surface area contributed by atoms with E-state index in [1.165, 1.54) is 18.2 Å². The molecule has 2 aromatic rings. The normalized spacial score (nSPS) is 11.1. The van der Waals surface area contributed by atoms with E-state index in [2.05, 4.69) is 10.6 Å². The molecule has 2 N–H and O–H groups in total.